The van der Waals surface area contributed by atoms with Crippen molar-refractivity contribution in [3.8, 4) is 12.1 Å². The number of fused-ring (bicyclic) bond motifs is 1. The fourth-order valence-corrected chi connectivity index (χ4v) is 2.75. The van der Waals surface area contributed by atoms with Crippen LogP contribution in [-0.4, -0.2) is 0 Å². The van der Waals surface area contributed by atoms with Crippen molar-refractivity contribution in [1.82, 2.24) is 0 Å². The van der Waals surface area contributed by atoms with E-state index in [9.17, 15) is 0 Å². The van der Waals surface area contributed by atoms with Gasteiger partial charge in [0, 0.05) is 23.3 Å². The molecule has 0 aromatic rings. The number of nitrogens with zero attached hydrogens (tertiary/aromatic N) is 2. The molecular weight excluding hydrogens is 148 g/mol. The molecule has 1 fully saturated rings. The van der Waals surface area contributed by atoms with Crippen LogP contribution in [0.25, 0.3) is 0 Å². The maximum atomic E-state index is 8.96. The molecule has 2 heteroatoms. The largest absolute Gasteiger partial charge is 0.197 e. The number of hydrogen-bond donors (Lipinski definition) is 0. The Morgan fingerprint density at radius 1 is 1.33 bits per heavy atom. The van der Waals surface area contributed by atoms with Gasteiger partial charge in [0.2, 0.25) is 0 Å². The predicted octanol–water partition coefficient (Wildman–Crippen LogP) is 1.39. The zero-order valence-corrected chi connectivity index (χ0v) is 6.36. The van der Waals surface area contributed by atoms with E-state index in [0.29, 0.717) is 11.8 Å². The molecule has 0 N–H and O–H groups in total. The van der Waals surface area contributed by atoms with E-state index < -0.39 is 0 Å². The Kier molecular flexibility index (Phi) is 0.739. The van der Waals surface area contributed by atoms with E-state index in [1.807, 2.05) is 6.08 Å². The monoisotopic (exact) mass is 154 g/mol. The Hall–Kier alpha value is -1.54. The molecule has 1 saturated carbocycles. The molecule has 0 radical (unpaired) electrons. The molecule has 3 rings (SSSR count). The second-order valence-electron chi connectivity index (χ2n) is 3.72. The molecule has 0 spiro atoms. The highest BCUT2D eigenvalue weighted by atomic mass is 14.7. The highest BCUT2D eigenvalue weighted by Gasteiger charge is 2.71. The standard InChI is InChI=1S/C10H6N2/c11-4-6-3-10(5-12)8-2-1-7(6)9(8)10/h1-3,7-9H. The summed E-state index contributed by atoms with van der Waals surface area (Å²) in [5, 5.41) is 17.7. The summed E-state index contributed by atoms with van der Waals surface area (Å²) in [6.45, 7) is 0. The molecule has 0 aromatic carbocycles. The first-order chi connectivity index (χ1) is 5.83. The van der Waals surface area contributed by atoms with Gasteiger partial charge in [-0.05, 0) is 6.08 Å². The maximum absolute atomic E-state index is 8.96. The van der Waals surface area contributed by atoms with Crippen molar-refractivity contribution >= 4 is 0 Å². The van der Waals surface area contributed by atoms with Crippen molar-refractivity contribution in [3.63, 3.8) is 0 Å². The molecule has 2 nitrogen and oxygen atoms in total. The third-order valence-corrected chi connectivity index (χ3v) is 3.37. The van der Waals surface area contributed by atoms with Gasteiger partial charge in [0.1, 0.15) is 0 Å². The fraction of sp³-hybridized carbons (Fsp3) is 0.400. The Morgan fingerprint density at radius 3 is 2.75 bits per heavy atom. The summed E-state index contributed by atoms with van der Waals surface area (Å²) in [5.74, 6) is 1.10. The lowest BCUT2D eigenvalue weighted by Crippen LogP contribution is -1.97. The summed E-state index contributed by atoms with van der Waals surface area (Å²) in [6.07, 6.45) is 6.05. The fourth-order valence-electron chi connectivity index (χ4n) is 2.75. The van der Waals surface area contributed by atoms with Crippen molar-refractivity contribution in [1.29, 1.82) is 10.5 Å². The van der Waals surface area contributed by atoms with Gasteiger partial charge in [-0.25, -0.2) is 0 Å². The molecule has 3 aliphatic carbocycles. The lowest BCUT2D eigenvalue weighted by atomic mass is 10.0. The van der Waals surface area contributed by atoms with Crippen LogP contribution in [0, 0.1) is 45.8 Å². The third-order valence-electron chi connectivity index (χ3n) is 3.37. The highest BCUT2D eigenvalue weighted by Crippen LogP contribution is 2.72. The van der Waals surface area contributed by atoms with Gasteiger partial charge in [-0.15, -0.1) is 0 Å². The minimum atomic E-state index is -0.273. The zero-order valence-electron chi connectivity index (χ0n) is 6.36. The van der Waals surface area contributed by atoms with E-state index in [1.54, 1.807) is 0 Å². The molecule has 4 atom stereocenters. The SMILES string of the molecule is N#CC1=CC2(C#N)C3C=CC1C32. The molecule has 4 unspecified atom stereocenters. The van der Waals surface area contributed by atoms with Gasteiger partial charge < -0.3 is 0 Å². The molecule has 3 aliphatic rings. The van der Waals surface area contributed by atoms with Crippen molar-refractivity contribution in [2.24, 2.45) is 23.2 Å². The number of hydrogen-bond acceptors (Lipinski definition) is 2. The molecule has 0 amide bonds. The van der Waals surface area contributed by atoms with E-state index >= 15 is 0 Å². The molecule has 0 aromatic heterocycles. The Bertz CT molecular complexity index is 405. The van der Waals surface area contributed by atoms with E-state index in [4.69, 9.17) is 10.5 Å². The predicted molar refractivity (Wildman–Crippen MR) is 41.4 cm³/mol. The number of nitriles is 2. The second kappa shape index (κ2) is 1.47. The summed E-state index contributed by atoms with van der Waals surface area (Å²) >= 11 is 0. The van der Waals surface area contributed by atoms with Crippen molar-refractivity contribution in [3.05, 3.63) is 23.8 Å². The van der Waals surface area contributed by atoms with Crippen LogP contribution >= 0.6 is 0 Å². The average Bonchev–Trinajstić information content (AvgIpc) is 2.45. The summed E-state index contributed by atoms with van der Waals surface area (Å²) < 4.78 is 0. The molecule has 0 heterocycles. The minimum Gasteiger partial charge on any atom is -0.197 e. The van der Waals surface area contributed by atoms with Crippen LogP contribution < -0.4 is 0 Å². The zero-order chi connectivity index (χ0) is 8.34. The van der Waals surface area contributed by atoms with Gasteiger partial charge in [0.05, 0.1) is 17.6 Å². The van der Waals surface area contributed by atoms with E-state index in [0.717, 1.165) is 5.57 Å². The van der Waals surface area contributed by atoms with E-state index in [1.165, 1.54) is 0 Å². The van der Waals surface area contributed by atoms with Gasteiger partial charge in [0.15, 0.2) is 0 Å². The third kappa shape index (κ3) is 0.374. The second-order valence-corrected chi connectivity index (χ2v) is 3.72. The summed E-state index contributed by atoms with van der Waals surface area (Å²) in [6, 6.07) is 4.50. The van der Waals surface area contributed by atoms with Crippen molar-refractivity contribution < 1.29 is 0 Å². The average molecular weight is 154 g/mol. The van der Waals surface area contributed by atoms with Crippen molar-refractivity contribution in [2.75, 3.05) is 0 Å². The van der Waals surface area contributed by atoms with Crippen molar-refractivity contribution in [2.45, 2.75) is 0 Å². The molecular formula is C10H6N2. The topological polar surface area (TPSA) is 47.6 Å². The summed E-state index contributed by atoms with van der Waals surface area (Å²) in [4.78, 5) is 0. The van der Waals surface area contributed by atoms with Crippen LogP contribution in [0.2, 0.25) is 0 Å². The van der Waals surface area contributed by atoms with E-state index in [-0.39, 0.29) is 11.3 Å². The van der Waals surface area contributed by atoms with Gasteiger partial charge in [-0.2, -0.15) is 10.5 Å². The first-order valence-corrected chi connectivity index (χ1v) is 4.06. The van der Waals surface area contributed by atoms with Gasteiger partial charge >= 0.3 is 0 Å². The molecule has 0 bridgehead atoms. The van der Waals surface area contributed by atoms with E-state index in [2.05, 4.69) is 24.3 Å². The first-order valence-electron chi connectivity index (χ1n) is 4.06. The van der Waals surface area contributed by atoms with Crippen LogP contribution in [0.1, 0.15) is 0 Å². The van der Waals surface area contributed by atoms with Gasteiger partial charge in [0.25, 0.3) is 0 Å². The van der Waals surface area contributed by atoms with Crippen LogP contribution in [0.3, 0.4) is 0 Å². The molecule has 12 heavy (non-hydrogen) atoms. The lowest BCUT2D eigenvalue weighted by Gasteiger charge is -1.99. The van der Waals surface area contributed by atoms with Crippen LogP contribution in [0.4, 0.5) is 0 Å². The van der Waals surface area contributed by atoms with Gasteiger partial charge in [-0.1, -0.05) is 12.2 Å². The number of allylic oxidation sites excluding steroid dienone is 4. The smallest absolute Gasteiger partial charge is 0.0950 e. The Labute approximate surface area is 70.4 Å². The van der Waals surface area contributed by atoms with Crippen LogP contribution in [0.15, 0.2) is 23.8 Å². The maximum Gasteiger partial charge on any atom is 0.0950 e. The van der Waals surface area contributed by atoms with Gasteiger partial charge in [-0.3, -0.25) is 0 Å². The highest BCUT2D eigenvalue weighted by molar-refractivity contribution is 5.54. The normalized spacial score (nSPS) is 50.8. The van der Waals surface area contributed by atoms with Crippen LogP contribution in [0.5, 0.6) is 0 Å². The summed E-state index contributed by atoms with van der Waals surface area (Å²) in [7, 11) is 0. The minimum absolute atomic E-state index is 0.264. The van der Waals surface area contributed by atoms with Crippen LogP contribution in [-0.2, 0) is 0 Å². The first kappa shape index (κ1) is 6.03. The Morgan fingerprint density at radius 2 is 2.17 bits per heavy atom. The Balaban J connectivity index is 2.18. The summed E-state index contributed by atoms with van der Waals surface area (Å²) in [5.41, 5.74) is 0.524. The lowest BCUT2D eigenvalue weighted by molar-refractivity contribution is 0.652. The molecule has 0 saturated heterocycles. The molecule has 56 valence electrons. The quantitative estimate of drug-likeness (QED) is 0.495. The number of rotatable bonds is 0. The molecule has 0 aliphatic heterocycles.